The van der Waals surface area contributed by atoms with Crippen molar-refractivity contribution in [2.24, 2.45) is 7.05 Å². The van der Waals surface area contributed by atoms with Crippen LogP contribution in [0.4, 0.5) is 11.4 Å². The molecule has 1 aliphatic rings. The van der Waals surface area contributed by atoms with Crippen molar-refractivity contribution >= 4 is 33.3 Å². The average molecular weight is 510 g/mol. The van der Waals surface area contributed by atoms with Gasteiger partial charge < -0.3 is 9.32 Å². The van der Waals surface area contributed by atoms with Crippen LogP contribution in [0, 0.1) is 6.92 Å². The summed E-state index contributed by atoms with van der Waals surface area (Å²) >= 11 is 0. The Morgan fingerprint density at radius 1 is 0.795 bits per heavy atom. The standard InChI is InChI=1S/C36H33N2O/c1-24-16-18-29-28-14-10-13-27(34(28)39-35(29)33(24)32-15-8-9-21-37(32)4)25-17-19-31-30(23-25)36(2,3)20-22-38(31)26-11-6-5-7-12-26/h5-19,21,23H,20,22H2,1-4H3/q+1. The van der Waals surface area contributed by atoms with E-state index >= 15 is 0 Å². The van der Waals surface area contributed by atoms with Gasteiger partial charge in [-0.05, 0) is 65.8 Å². The number of pyridine rings is 1. The molecule has 0 saturated heterocycles. The zero-order valence-corrected chi connectivity index (χ0v) is 23.0. The number of benzene rings is 4. The highest BCUT2D eigenvalue weighted by Crippen LogP contribution is 2.46. The zero-order chi connectivity index (χ0) is 26.7. The molecule has 3 heteroatoms. The van der Waals surface area contributed by atoms with Gasteiger partial charge in [-0.3, -0.25) is 0 Å². The molecule has 0 radical (unpaired) electrons. The number of para-hydroxylation sites is 2. The maximum Gasteiger partial charge on any atom is 0.216 e. The molecule has 2 aromatic heterocycles. The Labute approximate surface area is 229 Å². The third-order valence-corrected chi connectivity index (χ3v) is 8.54. The molecule has 39 heavy (non-hydrogen) atoms. The molecule has 0 unspecified atom stereocenters. The monoisotopic (exact) mass is 509 g/mol. The van der Waals surface area contributed by atoms with Crippen molar-refractivity contribution in [2.45, 2.75) is 32.6 Å². The molecule has 3 nitrogen and oxygen atoms in total. The Bertz CT molecular complexity index is 1860. The van der Waals surface area contributed by atoms with E-state index in [9.17, 15) is 0 Å². The van der Waals surface area contributed by atoms with E-state index in [2.05, 4.69) is 141 Å². The summed E-state index contributed by atoms with van der Waals surface area (Å²) < 4.78 is 8.99. The molecule has 4 aromatic carbocycles. The Morgan fingerprint density at radius 3 is 2.41 bits per heavy atom. The highest BCUT2D eigenvalue weighted by Gasteiger charge is 2.32. The second-order valence-corrected chi connectivity index (χ2v) is 11.5. The number of rotatable bonds is 3. The lowest BCUT2D eigenvalue weighted by molar-refractivity contribution is -0.660. The minimum Gasteiger partial charge on any atom is -0.454 e. The van der Waals surface area contributed by atoms with Crippen molar-refractivity contribution in [2.75, 3.05) is 11.4 Å². The Balaban J connectivity index is 1.43. The summed E-state index contributed by atoms with van der Waals surface area (Å²) in [6.45, 7) is 7.92. The van der Waals surface area contributed by atoms with Gasteiger partial charge in [0.05, 0.1) is 5.56 Å². The summed E-state index contributed by atoms with van der Waals surface area (Å²) in [6.07, 6.45) is 3.19. The van der Waals surface area contributed by atoms with Crippen molar-refractivity contribution in [1.29, 1.82) is 0 Å². The first-order chi connectivity index (χ1) is 18.9. The first-order valence-corrected chi connectivity index (χ1v) is 13.8. The molecule has 0 saturated carbocycles. The van der Waals surface area contributed by atoms with Crippen molar-refractivity contribution in [3.63, 3.8) is 0 Å². The minimum atomic E-state index is 0.0880. The largest absolute Gasteiger partial charge is 0.454 e. The van der Waals surface area contributed by atoms with E-state index < -0.39 is 0 Å². The lowest BCUT2D eigenvalue weighted by Gasteiger charge is -2.40. The maximum atomic E-state index is 6.82. The van der Waals surface area contributed by atoms with Crippen molar-refractivity contribution in [1.82, 2.24) is 0 Å². The Morgan fingerprint density at radius 2 is 1.59 bits per heavy atom. The highest BCUT2D eigenvalue weighted by molar-refractivity contribution is 6.13. The number of aromatic nitrogens is 1. The fraction of sp³-hybridized carbons (Fsp3) is 0.194. The van der Waals surface area contributed by atoms with Crippen molar-refractivity contribution in [3.05, 3.63) is 114 Å². The summed E-state index contributed by atoms with van der Waals surface area (Å²) in [5, 5.41) is 2.31. The Kier molecular flexibility index (Phi) is 5.38. The quantitative estimate of drug-likeness (QED) is 0.222. The number of nitrogens with zero attached hydrogens (tertiary/aromatic N) is 2. The number of aryl methyl sites for hydroxylation is 2. The van der Waals surface area contributed by atoms with Gasteiger partial charge in [-0.25, -0.2) is 4.57 Å². The van der Waals surface area contributed by atoms with E-state index in [1.807, 2.05) is 0 Å². The van der Waals surface area contributed by atoms with E-state index in [0.717, 1.165) is 51.7 Å². The molecule has 192 valence electrons. The number of fused-ring (bicyclic) bond motifs is 4. The van der Waals surface area contributed by atoms with Gasteiger partial charge in [-0.2, -0.15) is 0 Å². The second-order valence-electron chi connectivity index (χ2n) is 11.5. The van der Waals surface area contributed by atoms with E-state index in [1.54, 1.807) is 0 Å². The van der Waals surface area contributed by atoms with Crippen molar-refractivity contribution in [3.8, 4) is 22.4 Å². The normalized spacial score (nSPS) is 14.6. The van der Waals surface area contributed by atoms with Crippen LogP contribution in [-0.4, -0.2) is 6.54 Å². The fourth-order valence-electron chi connectivity index (χ4n) is 6.29. The van der Waals surface area contributed by atoms with Gasteiger partial charge in [-0.15, -0.1) is 0 Å². The number of furan rings is 1. The lowest BCUT2D eigenvalue weighted by Crippen LogP contribution is -2.34. The summed E-state index contributed by atoms with van der Waals surface area (Å²) in [5.41, 5.74) is 11.8. The van der Waals surface area contributed by atoms with Crippen LogP contribution in [0.3, 0.4) is 0 Å². The predicted molar refractivity (Wildman–Crippen MR) is 162 cm³/mol. The van der Waals surface area contributed by atoms with E-state index in [4.69, 9.17) is 4.42 Å². The molecule has 0 spiro atoms. The summed E-state index contributed by atoms with van der Waals surface area (Å²) in [6, 6.07) is 35.0. The highest BCUT2D eigenvalue weighted by atomic mass is 16.3. The average Bonchev–Trinajstić information content (AvgIpc) is 3.33. The molecule has 0 bridgehead atoms. The van der Waals surface area contributed by atoms with Crippen LogP contribution >= 0.6 is 0 Å². The first-order valence-electron chi connectivity index (χ1n) is 13.8. The van der Waals surface area contributed by atoms with Crippen LogP contribution in [0.5, 0.6) is 0 Å². The van der Waals surface area contributed by atoms with Crippen LogP contribution in [0.1, 0.15) is 31.4 Å². The van der Waals surface area contributed by atoms with Gasteiger partial charge in [0.25, 0.3) is 0 Å². The Hall–Kier alpha value is -4.37. The number of hydrogen-bond donors (Lipinski definition) is 0. The summed E-state index contributed by atoms with van der Waals surface area (Å²) in [4.78, 5) is 2.46. The molecule has 0 atom stereocenters. The van der Waals surface area contributed by atoms with Crippen LogP contribution in [0.15, 0.2) is 108 Å². The lowest BCUT2D eigenvalue weighted by atomic mass is 9.76. The predicted octanol–water partition coefficient (Wildman–Crippen LogP) is 8.87. The fourth-order valence-corrected chi connectivity index (χ4v) is 6.29. The molecular weight excluding hydrogens is 476 g/mol. The van der Waals surface area contributed by atoms with Gasteiger partial charge in [0, 0.05) is 46.4 Å². The molecule has 1 aliphatic heterocycles. The van der Waals surface area contributed by atoms with Gasteiger partial charge in [-0.1, -0.05) is 68.4 Å². The van der Waals surface area contributed by atoms with E-state index in [0.29, 0.717) is 0 Å². The molecule has 7 rings (SSSR count). The van der Waals surface area contributed by atoms with Crippen molar-refractivity contribution < 1.29 is 8.98 Å². The molecule has 0 fully saturated rings. The number of hydrogen-bond acceptors (Lipinski definition) is 2. The molecular formula is C36H33N2O+. The second kappa shape index (κ2) is 8.84. The molecule has 6 aromatic rings. The van der Waals surface area contributed by atoms with Crippen LogP contribution in [0.25, 0.3) is 44.3 Å². The number of anilines is 2. The molecule has 0 amide bonds. The molecule has 3 heterocycles. The minimum absolute atomic E-state index is 0.0880. The van der Waals surface area contributed by atoms with Gasteiger partial charge in [0.15, 0.2) is 6.20 Å². The SMILES string of the molecule is Cc1ccc2c(oc3c(-c4ccc5c(c4)C(C)(C)CCN5c4ccccc4)cccc32)c1-c1cccc[n+]1C. The van der Waals surface area contributed by atoms with E-state index in [1.165, 1.54) is 28.1 Å². The van der Waals surface area contributed by atoms with Gasteiger partial charge in [0.2, 0.25) is 5.69 Å². The zero-order valence-electron chi connectivity index (χ0n) is 23.0. The molecule has 0 N–H and O–H groups in total. The van der Waals surface area contributed by atoms with Crippen LogP contribution in [-0.2, 0) is 12.5 Å². The topological polar surface area (TPSA) is 20.3 Å². The van der Waals surface area contributed by atoms with Gasteiger partial charge >= 0.3 is 0 Å². The summed E-state index contributed by atoms with van der Waals surface area (Å²) in [5.74, 6) is 0. The maximum absolute atomic E-state index is 6.82. The van der Waals surface area contributed by atoms with E-state index in [-0.39, 0.29) is 5.41 Å². The molecule has 0 aliphatic carbocycles. The van der Waals surface area contributed by atoms with Crippen LogP contribution < -0.4 is 9.47 Å². The van der Waals surface area contributed by atoms with Crippen LogP contribution in [0.2, 0.25) is 0 Å². The third kappa shape index (κ3) is 3.76. The summed E-state index contributed by atoms with van der Waals surface area (Å²) in [7, 11) is 2.09. The van der Waals surface area contributed by atoms with Gasteiger partial charge in [0.1, 0.15) is 18.2 Å². The first kappa shape index (κ1) is 23.7. The smallest absolute Gasteiger partial charge is 0.216 e. The third-order valence-electron chi connectivity index (χ3n) is 8.54.